The van der Waals surface area contributed by atoms with E-state index in [1.165, 1.54) is 0 Å². The molecule has 1 unspecified atom stereocenters. The van der Waals surface area contributed by atoms with Crippen LogP contribution >= 0.6 is 0 Å². The smallest absolute Gasteiger partial charge is 0.0714 e. The van der Waals surface area contributed by atoms with E-state index >= 15 is 0 Å². The highest BCUT2D eigenvalue weighted by Gasteiger charge is 2.46. The van der Waals surface area contributed by atoms with Gasteiger partial charge in [-0.25, -0.2) is 0 Å². The first-order valence-corrected chi connectivity index (χ1v) is 20.5. The third-order valence-corrected chi connectivity index (χ3v) is 12.3. The lowest BCUT2D eigenvalue weighted by molar-refractivity contribution is 0.771. The minimum Gasteiger partial charge on any atom is -0.310 e. The molecule has 0 N–H and O–H groups in total. The van der Waals surface area contributed by atoms with Crippen molar-refractivity contribution in [1.82, 2.24) is 4.57 Å². The Labute approximate surface area is 365 Å². The third-order valence-electron chi connectivity index (χ3n) is 12.3. The standard InChI is InChI=1S/C59H40N2/c1-4-19-42(20-5-1)49-26-13-16-30-56(49)60(46-22-6-2-7-23-46)48-35-37-55-53(40-48)50-27-12-15-29-54(50)59(55,44-33-32-41-18-10-11-21-43(41)38-44)45-34-36-52-51-28-14-17-31-57(51)61(58(52)39-45)47-24-8-3-9-25-47/h1-40H/i10D,11D,18D,21D,32D,33D,38D. The molecule has 1 aliphatic carbocycles. The second-order valence-electron chi connectivity index (χ2n) is 15.5. The van der Waals surface area contributed by atoms with E-state index in [1.807, 2.05) is 84.9 Å². The molecule has 0 radical (unpaired) electrons. The van der Waals surface area contributed by atoms with Crippen molar-refractivity contribution in [3.05, 3.63) is 265 Å². The zero-order chi connectivity index (χ0) is 46.4. The molecular weight excluding hydrogens is 737 g/mol. The van der Waals surface area contributed by atoms with Gasteiger partial charge in [0.05, 0.1) is 31.7 Å². The molecule has 0 bridgehead atoms. The molecule has 10 aromatic carbocycles. The number of anilines is 3. The molecular formula is C59H40N2. The number of rotatable bonds is 7. The van der Waals surface area contributed by atoms with E-state index in [2.05, 4.69) is 125 Å². The van der Waals surface area contributed by atoms with Crippen molar-refractivity contribution in [2.45, 2.75) is 5.41 Å². The van der Waals surface area contributed by atoms with Gasteiger partial charge in [-0.15, -0.1) is 0 Å². The van der Waals surface area contributed by atoms with E-state index in [0.717, 1.165) is 83.5 Å². The van der Waals surface area contributed by atoms with Gasteiger partial charge in [-0.3, -0.25) is 0 Å². The van der Waals surface area contributed by atoms with Crippen molar-refractivity contribution in [2.24, 2.45) is 0 Å². The highest BCUT2D eigenvalue weighted by Crippen LogP contribution is 2.58. The van der Waals surface area contributed by atoms with Gasteiger partial charge in [0, 0.05) is 33.4 Å². The van der Waals surface area contributed by atoms with Gasteiger partial charge in [-0.2, -0.15) is 0 Å². The van der Waals surface area contributed by atoms with Crippen LogP contribution in [0.25, 0.3) is 60.5 Å². The average Bonchev–Trinajstić information content (AvgIpc) is 3.87. The zero-order valence-corrected chi connectivity index (χ0v) is 32.9. The molecule has 0 saturated heterocycles. The molecule has 2 nitrogen and oxygen atoms in total. The normalized spacial score (nSPS) is 15.9. The number of fused-ring (bicyclic) bond motifs is 7. The summed E-state index contributed by atoms with van der Waals surface area (Å²) in [6.07, 6.45) is 0. The van der Waals surface area contributed by atoms with E-state index in [4.69, 9.17) is 4.11 Å². The molecule has 2 heteroatoms. The predicted molar refractivity (Wildman–Crippen MR) is 256 cm³/mol. The lowest BCUT2D eigenvalue weighted by Gasteiger charge is -2.35. The van der Waals surface area contributed by atoms with Crippen LogP contribution < -0.4 is 4.90 Å². The Kier molecular flexibility index (Phi) is 6.59. The van der Waals surface area contributed by atoms with Gasteiger partial charge >= 0.3 is 0 Å². The number of hydrogen-bond acceptors (Lipinski definition) is 1. The number of nitrogens with zero attached hydrogens (tertiary/aromatic N) is 2. The maximum absolute atomic E-state index is 10.2. The van der Waals surface area contributed by atoms with Crippen molar-refractivity contribution < 1.29 is 9.60 Å². The van der Waals surface area contributed by atoms with E-state index in [0.29, 0.717) is 0 Å². The topological polar surface area (TPSA) is 8.17 Å². The highest BCUT2D eigenvalue weighted by atomic mass is 15.1. The summed E-state index contributed by atoms with van der Waals surface area (Å²) >= 11 is 0. The van der Waals surface area contributed by atoms with Gasteiger partial charge in [0.25, 0.3) is 0 Å². The minimum absolute atomic E-state index is 0.0822. The number of benzene rings is 10. The Morgan fingerprint density at radius 3 is 1.92 bits per heavy atom. The fourth-order valence-electron chi connectivity index (χ4n) is 9.70. The monoisotopic (exact) mass is 783 g/mol. The van der Waals surface area contributed by atoms with Gasteiger partial charge in [-0.1, -0.05) is 182 Å². The summed E-state index contributed by atoms with van der Waals surface area (Å²) in [6.45, 7) is 0. The summed E-state index contributed by atoms with van der Waals surface area (Å²) in [6, 6.07) is 65.6. The van der Waals surface area contributed by atoms with Crippen molar-refractivity contribution in [3.8, 4) is 27.9 Å². The zero-order valence-electron chi connectivity index (χ0n) is 39.9. The molecule has 1 aliphatic rings. The Bertz CT molecular complexity index is 3830. The summed E-state index contributed by atoms with van der Waals surface area (Å²) in [5.74, 6) is 0. The summed E-state index contributed by atoms with van der Waals surface area (Å²) in [4.78, 5) is 2.26. The third kappa shape index (κ3) is 5.43. The Morgan fingerprint density at radius 2 is 1.08 bits per heavy atom. The van der Waals surface area contributed by atoms with Gasteiger partial charge in [-0.05, 0) is 110 Å². The van der Waals surface area contributed by atoms with Crippen LogP contribution in [0.1, 0.15) is 31.8 Å². The van der Waals surface area contributed by atoms with Crippen LogP contribution in [0, 0.1) is 0 Å². The van der Waals surface area contributed by atoms with Crippen LogP contribution in [0.3, 0.4) is 0 Å². The maximum Gasteiger partial charge on any atom is 0.0714 e. The largest absolute Gasteiger partial charge is 0.310 e. The fraction of sp³-hybridized carbons (Fsp3) is 0.0169. The first-order chi connectivity index (χ1) is 33.2. The molecule has 286 valence electrons. The van der Waals surface area contributed by atoms with Crippen molar-refractivity contribution in [1.29, 1.82) is 0 Å². The van der Waals surface area contributed by atoms with E-state index in [-0.39, 0.29) is 34.5 Å². The van der Waals surface area contributed by atoms with Crippen LogP contribution in [0.4, 0.5) is 17.1 Å². The summed E-state index contributed by atoms with van der Waals surface area (Å²) < 4.78 is 67.5. The SMILES string of the molecule is [2H]c1c([2H])c([2H])c2c([2H])c(C3(c4ccc5c6ccccc6n(-c6ccccc6)c5c4)c4ccccc4-c4cc(N(c5ccccc5)c5ccccc5-c5ccccc5)ccc43)c([2H])c([2H])c2c1[2H]. The highest BCUT2D eigenvalue weighted by molar-refractivity contribution is 6.10. The molecule has 1 aromatic heterocycles. The summed E-state index contributed by atoms with van der Waals surface area (Å²) in [5, 5.41) is 1.87. The molecule has 0 amide bonds. The Morgan fingerprint density at radius 1 is 0.426 bits per heavy atom. The molecule has 1 heterocycles. The van der Waals surface area contributed by atoms with Gasteiger partial charge in [0.1, 0.15) is 0 Å². The molecule has 61 heavy (non-hydrogen) atoms. The molecule has 12 rings (SSSR count). The van der Waals surface area contributed by atoms with Crippen LogP contribution in [0.15, 0.2) is 242 Å². The van der Waals surface area contributed by atoms with Crippen molar-refractivity contribution in [2.75, 3.05) is 4.90 Å². The molecule has 1 atom stereocenters. The first-order valence-electron chi connectivity index (χ1n) is 24.0. The van der Waals surface area contributed by atoms with Crippen LogP contribution in [0.2, 0.25) is 0 Å². The van der Waals surface area contributed by atoms with Crippen molar-refractivity contribution in [3.63, 3.8) is 0 Å². The van der Waals surface area contributed by atoms with Crippen LogP contribution in [-0.2, 0) is 5.41 Å². The van der Waals surface area contributed by atoms with Crippen LogP contribution in [0.5, 0.6) is 0 Å². The molecule has 11 aromatic rings. The molecule has 0 aliphatic heterocycles. The van der Waals surface area contributed by atoms with E-state index < -0.39 is 29.6 Å². The molecule has 0 spiro atoms. The second-order valence-corrected chi connectivity index (χ2v) is 15.5. The Hall–Kier alpha value is -7.94. The van der Waals surface area contributed by atoms with Crippen molar-refractivity contribution >= 4 is 49.6 Å². The quantitative estimate of drug-likeness (QED) is 0.156. The molecule has 0 saturated carbocycles. The average molecular weight is 784 g/mol. The lowest BCUT2D eigenvalue weighted by Crippen LogP contribution is -2.28. The fourth-order valence-corrected chi connectivity index (χ4v) is 9.70. The second kappa shape index (κ2) is 14.1. The predicted octanol–water partition coefficient (Wildman–Crippen LogP) is 15.4. The summed E-state index contributed by atoms with van der Waals surface area (Å²) in [7, 11) is 0. The van der Waals surface area contributed by atoms with Crippen LogP contribution in [-0.4, -0.2) is 4.57 Å². The Balaban J connectivity index is 1.22. The summed E-state index contributed by atoms with van der Waals surface area (Å²) in [5.41, 5.74) is 10.7. The minimum atomic E-state index is -1.41. The number of hydrogen-bond donors (Lipinski definition) is 0. The first kappa shape index (κ1) is 28.5. The number of aromatic nitrogens is 1. The van der Waals surface area contributed by atoms with Gasteiger partial charge in [0.2, 0.25) is 0 Å². The van der Waals surface area contributed by atoms with E-state index in [9.17, 15) is 5.48 Å². The maximum atomic E-state index is 10.2. The lowest BCUT2D eigenvalue weighted by atomic mass is 9.67. The number of para-hydroxylation sites is 4. The van der Waals surface area contributed by atoms with Gasteiger partial charge < -0.3 is 9.47 Å². The molecule has 0 fully saturated rings. The van der Waals surface area contributed by atoms with Gasteiger partial charge in [0.15, 0.2) is 0 Å². The van der Waals surface area contributed by atoms with E-state index in [1.54, 1.807) is 0 Å².